The number of carbonyl (C=O) groups is 3. The number of carboxylic acid groups (broad SMARTS) is 2. The highest BCUT2D eigenvalue weighted by Gasteiger charge is 2.38. The Balaban J connectivity index is 0.000000406. The number of aliphatic carboxylic acids is 1. The number of aromatic nitrogens is 4. The Morgan fingerprint density at radius 1 is 1.29 bits per heavy atom. The Labute approximate surface area is 202 Å². The predicted molar refractivity (Wildman–Crippen MR) is 117 cm³/mol. The first-order valence-corrected chi connectivity index (χ1v) is 11.5. The van der Waals surface area contributed by atoms with Crippen molar-refractivity contribution in [2.45, 2.75) is 35.4 Å². The van der Waals surface area contributed by atoms with Gasteiger partial charge in [-0.1, -0.05) is 18.5 Å². The Morgan fingerprint density at radius 3 is 2.47 bits per heavy atom. The number of carbonyl (C=O) groups excluding carboxylic acids is 1. The number of aryl methyl sites for hydroxylation is 1. The standard InChI is InChI=1S/C16H14ClN5O3S2.C2HF3O2/c1-2-8-11(17)10-12(18-8)20-15(21-13(10)22-4-3-7(23)5-22)27-16-19-9(6-26-16)14(24)25;3-2(4,5)1(6)7/h6H,2-5H2,1H3,(H,24,25)(H,18,20,21);(H,6,7). The number of ketones is 1. The summed E-state index contributed by atoms with van der Waals surface area (Å²) in [6.45, 7) is 2.86. The lowest BCUT2D eigenvalue weighted by Crippen LogP contribution is -2.21. The number of H-pyrrole nitrogens is 1. The summed E-state index contributed by atoms with van der Waals surface area (Å²) in [6, 6.07) is 0. The van der Waals surface area contributed by atoms with Crippen molar-refractivity contribution < 1.29 is 37.8 Å². The number of hydrogen-bond acceptors (Lipinski definition) is 9. The molecule has 1 saturated heterocycles. The molecule has 0 aromatic carbocycles. The summed E-state index contributed by atoms with van der Waals surface area (Å²) in [5.74, 6) is -3.06. The summed E-state index contributed by atoms with van der Waals surface area (Å²) < 4.78 is 32.3. The second kappa shape index (κ2) is 10.1. The van der Waals surface area contributed by atoms with Crippen LogP contribution in [0.25, 0.3) is 11.0 Å². The average molecular weight is 538 g/mol. The maximum atomic E-state index is 11.8. The van der Waals surface area contributed by atoms with Crippen molar-refractivity contribution in [3.63, 3.8) is 0 Å². The van der Waals surface area contributed by atoms with E-state index in [9.17, 15) is 22.8 Å². The molecular weight excluding hydrogens is 523 g/mol. The van der Waals surface area contributed by atoms with E-state index in [1.165, 1.54) is 28.5 Å². The number of carboxylic acids is 2. The van der Waals surface area contributed by atoms with Gasteiger partial charge < -0.3 is 20.1 Å². The largest absolute Gasteiger partial charge is 0.490 e. The molecule has 4 rings (SSSR count). The molecule has 1 aliphatic heterocycles. The molecule has 0 bridgehead atoms. The summed E-state index contributed by atoms with van der Waals surface area (Å²) in [7, 11) is 0. The molecule has 0 amide bonds. The third-order valence-corrected chi connectivity index (χ3v) is 6.65. The Kier molecular flexibility index (Phi) is 7.67. The highest BCUT2D eigenvalue weighted by molar-refractivity contribution is 8.00. The minimum absolute atomic E-state index is 0.00914. The highest BCUT2D eigenvalue weighted by atomic mass is 35.5. The van der Waals surface area contributed by atoms with Crippen molar-refractivity contribution in [2.75, 3.05) is 18.0 Å². The Morgan fingerprint density at radius 2 is 1.97 bits per heavy atom. The molecule has 34 heavy (non-hydrogen) atoms. The highest BCUT2D eigenvalue weighted by Crippen LogP contribution is 2.37. The Bertz CT molecular complexity index is 1260. The van der Waals surface area contributed by atoms with Crippen LogP contribution in [0.15, 0.2) is 14.9 Å². The molecule has 3 aromatic heterocycles. The molecule has 0 radical (unpaired) electrons. The van der Waals surface area contributed by atoms with E-state index in [1.54, 1.807) is 0 Å². The second-order valence-electron chi connectivity index (χ2n) is 6.74. The van der Waals surface area contributed by atoms with Crippen LogP contribution in [0.2, 0.25) is 5.02 Å². The van der Waals surface area contributed by atoms with Crippen LogP contribution in [-0.4, -0.2) is 67.1 Å². The van der Waals surface area contributed by atoms with E-state index < -0.39 is 18.1 Å². The van der Waals surface area contributed by atoms with Crippen LogP contribution in [0.3, 0.4) is 0 Å². The number of fused-ring (bicyclic) bond motifs is 1. The number of anilines is 1. The number of halogens is 4. The van der Waals surface area contributed by atoms with Gasteiger partial charge >= 0.3 is 18.1 Å². The maximum Gasteiger partial charge on any atom is 0.490 e. The van der Waals surface area contributed by atoms with Crippen LogP contribution < -0.4 is 4.90 Å². The van der Waals surface area contributed by atoms with Crippen molar-refractivity contribution in [1.29, 1.82) is 0 Å². The van der Waals surface area contributed by atoms with Gasteiger partial charge in [-0.3, -0.25) is 4.79 Å². The zero-order valence-electron chi connectivity index (χ0n) is 17.1. The van der Waals surface area contributed by atoms with Gasteiger partial charge in [0.25, 0.3) is 0 Å². The number of hydrogen-bond donors (Lipinski definition) is 3. The molecule has 3 aromatic rings. The number of rotatable bonds is 5. The van der Waals surface area contributed by atoms with Crippen LogP contribution in [0.1, 0.15) is 29.5 Å². The number of Topliss-reactive ketones (excluding diaryl/α,β-unsaturated/α-hetero) is 1. The first-order chi connectivity index (χ1) is 15.9. The van der Waals surface area contributed by atoms with Gasteiger partial charge in [-0.2, -0.15) is 13.2 Å². The molecule has 0 atom stereocenters. The molecule has 4 heterocycles. The number of nitrogens with zero attached hydrogens (tertiary/aromatic N) is 4. The molecule has 1 fully saturated rings. The smallest absolute Gasteiger partial charge is 0.476 e. The SMILES string of the molecule is CCc1[nH]c2nc(Sc3nc(C(=O)O)cs3)nc(N3CCC(=O)C3)c2c1Cl.O=C(O)C(F)(F)F. The first-order valence-electron chi connectivity index (χ1n) is 9.42. The number of nitrogens with one attached hydrogen (secondary N) is 1. The van der Waals surface area contributed by atoms with Gasteiger partial charge in [-0.05, 0) is 18.2 Å². The van der Waals surface area contributed by atoms with E-state index in [2.05, 4.69) is 19.9 Å². The van der Waals surface area contributed by atoms with E-state index in [-0.39, 0.29) is 11.5 Å². The quantitative estimate of drug-likeness (QED) is 0.409. The summed E-state index contributed by atoms with van der Waals surface area (Å²) in [5, 5.41) is 19.3. The summed E-state index contributed by atoms with van der Waals surface area (Å²) >= 11 is 8.92. The van der Waals surface area contributed by atoms with Gasteiger partial charge in [-0.15, -0.1) is 11.3 Å². The van der Waals surface area contributed by atoms with Gasteiger partial charge in [0.05, 0.1) is 17.0 Å². The molecule has 1 aliphatic rings. The lowest BCUT2D eigenvalue weighted by Gasteiger charge is -2.17. The molecule has 182 valence electrons. The minimum atomic E-state index is -5.08. The third-order valence-electron chi connectivity index (χ3n) is 4.43. The molecule has 0 saturated carbocycles. The third kappa shape index (κ3) is 5.77. The molecule has 0 spiro atoms. The lowest BCUT2D eigenvalue weighted by atomic mass is 10.3. The molecule has 3 N–H and O–H groups in total. The molecule has 0 aliphatic carbocycles. The molecule has 0 unspecified atom stereocenters. The summed E-state index contributed by atoms with van der Waals surface area (Å²) in [4.78, 5) is 50.0. The fourth-order valence-corrected chi connectivity index (χ4v) is 4.88. The predicted octanol–water partition coefficient (Wildman–Crippen LogP) is 3.89. The van der Waals surface area contributed by atoms with Gasteiger partial charge in [0.2, 0.25) is 0 Å². The van der Waals surface area contributed by atoms with E-state index in [0.717, 1.165) is 5.69 Å². The summed E-state index contributed by atoms with van der Waals surface area (Å²) in [6.07, 6.45) is -3.89. The van der Waals surface area contributed by atoms with E-state index in [0.29, 0.717) is 57.3 Å². The van der Waals surface area contributed by atoms with Crippen LogP contribution in [0, 0.1) is 0 Å². The minimum Gasteiger partial charge on any atom is -0.476 e. The van der Waals surface area contributed by atoms with Gasteiger partial charge in [0.1, 0.15) is 11.5 Å². The fourth-order valence-electron chi connectivity index (χ4n) is 2.88. The van der Waals surface area contributed by atoms with Crippen LogP contribution in [-0.2, 0) is 16.0 Å². The number of thiazole rings is 1. The van der Waals surface area contributed by atoms with Crippen molar-refractivity contribution >= 4 is 69.3 Å². The van der Waals surface area contributed by atoms with E-state index >= 15 is 0 Å². The average Bonchev–Trinajstić information content (AvgIpc) is 3.46. The number of aromatic carboxylic acids is 1. The van der Waals surface area contributed by atoms with Crippen molar-refractivity contribution in [1.82, 2.24) is 19.9 Å². The molecule has 10 nitrogen and oxygen atoms in total. The van der Waals surface area contributed by atoms with E-state index in [4.69, 9.17) is 26.6 Å². The molecular formula is C18H15ClF3N5O5S2. The van der Waals surface area contributed by atoms with Crippen molar-refractivity contribution in [2.24, 2.45) is 0 Å². The first kappa shape index (κ1) is 25.7. The zero-order chi connectivity index (χ0) is 25.2. The number of aromatic amines is 1. The van der Waals surface area contributed by atoms with Crippen LogP contribution >= 0.6 is 34.7 Å². The molecule has 16 heteroatoms. The number of alkyl halides is 3. The topological polar surface area (TPSA) is 149 Å². The lowest BCUT2D eigenvalue weighted by molar-refractivity contribution is -0.192. The van der Waals surface area contributed by atoms with Crippen LogP contribution in [0.5, 0.6) is 0 Å². The van der Waals surface area contributed by atoms with Gasteiger partial charge in [0.15, 0.2) is 21.0 Å². The van der Waals surface area contributed by atoms with Crippen molar-refractivity contribution in [3.8, 4) is 0 Å². The zero-order valence-corrected chi connectivity index (χ0v) is 19.5. The fraction of sp³-hybridized carbons (Fsp3) is 0.333. The maximum absolute atomic E-state index is 11.8. The van der Waals surface area contributed by atoms with Gasteiger partial charge in [0, 0.05) is 24.0 Å². The van der Waals surface area contributed by atoms with Crippen LogP contribution in [0.4, 0.5) is 19.0 Å². The van der Waals surface area contributed by atoms with Crippen molar-refractivity contribution in [3.05, 3.63) is 21.8 Å². The summed E-state index contributed by atoms with van der Waals surface area (Å²) in [5.41, 5.74) is 1.45. The van der Waals surface area contributed by atoms with E-state index in [1.807, 2.05) is 11.8 Å². The Hall–Kier alpha value is -2.91. The monoisotopic (exact) mass is 537 g/mol. The second-order valence-corrected chi connectivity index (χ2v) is 9.19. The van der Waals surface area contributed by atoms with Gasteiger partial charge in [-0.25, -0.2) is 24.5 Å². The normalized spacial score (nSPS) is 13.8.